The summed E-state index contributed by atoms with van der Waals surface area (Å²) in [4.78, 5) is 29.2. The van der Waals surface area contributed by atoms with Crippen molar-refractivity contribution in [3.8, 4) is 0 Å². The molecule has 4 heterocycles. The number of likely N-dealkylation sites (N-methyl/N-ethyl adjacent to an activating group) is 1. The third-order valence-corrected chi connectivity index (χ3v) is 5.34. The number of nitrogens with one attached hydrogen (secondary N) is 2. The number of anilines is 4. The molecular formula is C20H25F3N8O3. The standard InChI is InChI=1S/C20H25F3N8O3/c1-29-7-9-30(10-8-29)18-26-13-15(34-18)27-17-25-12-14(20(21,22)23)16(28-17)24-4-2-5-31-6-3-11-33-19(31)32/h3,11-13H,2,4-10H2,1H3,(H2,24,25,27,28). The highest BCUT2D eigenvalue weighted by Crippen LogP contribution is 2.34. The van der Waals surface area contributed by atoms with E-state index in [4.69, 9.17) is 9.15 Å². The van der Waals surface area contributed by atoms with Crippen molar-refractivity contribution in [1.29, 1.82) is 0 Å². The fourth-order valence-corrected chi connectivity index (χ4v) is 3.45. The summed E-state index contributed by atoms with van der Waals surface area (Å²) in [6.45, 7) is 4.13. The average molecular weight is 482 g/mol. The molecule has 1 fully saturated rings. The number of hydrogen-bond donors (Lipinski definition) is 2. The molecule has 4 rings (SSSR count). The molecule has 0 aliphatic carbocycles. The summed E-state index contributed by atoms with van der Waals surface area (Å²) >= 11 is 0. The van der Waals surface area contributed by atoms with E-state index in [0.717, 1.165) is 26.2 Å². The van der Waals surface area contributed by atoms with Gasteiger partial charge in [-0.15, -0.1) is 0 Å². The van der Waals surface area contributed by atoms with E-state index in [2.05, 4.69) is 30.5 Å². The zero-order valence-corrected chi connectivity index (χ0v) is 18.5. The maximum Gasteiger partial charge on any atom is 0.421 e. The minimum absolute atomic E-state index is 0.0682. The molecule has 2 aromatic rings. The monoisotopic (exact) mass is 482 g/mol. The van der Waals surface area contributed by atoms with E-state index in [9.17, 15) is 18.0 Å². The largest absolute Gasteiger partial charge is 0.421 e. The van der Waals surface area contributed by atoms with Crippen molar-refractivity contribution >= 4 is 29.8 Å². The normalized spacial score (nSPS) is 17.1. The van der Waals surface area contributed by atoms with Crippen molar-refractivity contribution in [3.05, 3.63) is 30.3 Å². The van der Waals surface area contributed by atoms with Crippen LogP contribution in [-0.4, -0.2) is 83.7 Å². The molecule has 14 heteroatoms. The molecular weight excluding hydrogens is 457 g/mol. The van der Waals surface area contributed by atoms with E-state index < -0.39 is 17.8 Å². The Morgan fingerprint density at radius 3 is 2.68 bits per heavy atom. The second kappa shape index (κ2) is 10.2. The fourth-order valence-electron chi connectivity index (χ4n) is 3.45. The van der Waals surface area contributed by atoms with Gasteiger partial charge in [0.1, 0.15) is 11.4 Å². The summed E-state index contributed by atoms with van der Waals surface area (Å²) in [5.74, 6) is -0.220. The van der Waals surface area contributed by atoms with E-state index in [0.29, 0.717) is 31.7 Å². The smallest absolute Gasteiger partial charge is 0.418 e. The Bertz CT molecular complexity index is 1020. The number of piperazine rings is 1. The molecule has 0 aromatic carbocycles. The number of aromatic nitrogens is 3. The van der Waals surface area contributed by atoms with Crippen LogP contribution in [0.15, 0.2) is 29.1 Å². The van der Waals surface area contributed by atoms with E-state index in [-0.39, 0.29) is 24.2 Å². The van der Waals surface area contributed by atoms with Crippen LogP contribution in [0.5, 0.6) is 0 Å². The highest BCUT2D eigenvalue weighted by Gasteiger charge is 2.35. The van der Waals surface area contributed by atoms with Gasteiger partial charge in [0.25, 0.3) is 6.01 Å². The lowest BCUT2D eigenvalue weighted by molar-refractivity contribution is -0.137. The quantitative estimate of drug-likeness (QED) is 0.545. The summed E-state index contributed by atoms with van der Waals surface area (Å²) in [6, 6.07) is 0.423. The van der Waals surface area contributed by atoms with E-state index >= 15 is 0 Å². The third-order valence-electron chi connectivity index (χ3n) is 5.34. The van der Waals surface area contributed by atoms with Gasteiger partial charge in [0, 0.05) is 52.0 Å². The van der Waals surface area contributed by atoms with Gasteiger partial charge in [0.2, 0.25) is 11.8 Å². The molecule has 0 radical (unpaired) electrons. The summed E-state index contributed by atoms with van der Waals surface area (Å²) < 4.78 is 50.8. The number of rotatable bonds is 8. The lowest BCUT2D eigenvalue weighted by Gasteiger charge is -2.31. The summed E-state index contributed by atoms with van der Waals surface area (Å²) in [5.41, 5.74) is -0.992. The van der Waals surface area contributed by atoms with Crippen LogP contribution in [0.2, 0.25) is 0 Å². The Balaban J connectivity index is 1.39. The molecule has 2 aromatic heterocycles. The van der Waals surface area contributed by atoms with Crippen LogP contribution >= 0.6 is 0 Å². The molecule has 0 unspecified atom stereocenters. The number of hydrogen-bond acceptors (Lipinski definition) is 10. The van der Waals surface area contributed by atoms with Crippen LogP contribution in [0.3, 0.4) is 0 Å². The molecule has 2 aliphatic rings. The Morgan fingerprint density at radius 1 is 1.15 bits per heavy atom. The van der Waals surface area contributed by atoms with Crippen LogP contribution in [-0.2, 0) is 10.9 Å². The van der Waals surface area contributed by atoms with Gasteiger partial charge in [-0.25, -0.2) is 9.78 Å². The Morgan fingerprint density at radius 2 is 1.94 bits per heavy atom. The lowest BCUT2D eigenvalue weighted by Crippen LogP contribution is -2.44. The average Bonchev–Trinajstić information content (AvgIpc) is 3.26. The van der Waals surface area contributed by atoms with Crippen molar-refractivity contribution in [2.75, 3.05) is 68.4 Å². The van der Waals surface area contributed by atoms with Crippen molar-refractivity contribution in [1.82, 2.24) is 24.8 Å². The molecule has 0 bridgehead atoms. The SMILES string of the molecule is CN1CCN(c2ncc(Nc3ncc(C(F)(F)F)c(NCCCN4CC=COC4=O)n3)o2)CC1. The van der Waals surface area contributed by atoms with Gasteiger partial charge in [0.05, 0.1) is 12.5 Å². The Labute approximate surface area is 193 Å². The number of cyclic esters (lactones) is 1. The van der Waals surface area contributed by atoms with Crippen LogP contribution in [0.1, 0.15) is 12.0 Å². The highest BCUT2D eigenvalue weighted by molar-refractivity contribution is 5.69. The number of amides is 1. The predicted molar refractivity (Wildman–Crippen MR) is 117 cm³/mol. The molecule has 11 nitrogen and oxygen atoms in total. The molecule has 184 valence electrons. The van der Waals surface area contributed by atoms with Crippen LogP contribution in [0.4, 0.5) is 41.6 Å². The third kappa shape index (κ3) is 5.87. The maximum absolute atomic E-state index is 13.4. The molecule has 0 spiro atoms. The van der Waals surface area contributed by atoms with Gasteiger partial charge in [-0.3, -0.25) is 5.32 Å². The topological polar surface area (TPSA) is 112 Å². The first-order chi connectivity index (χ1) is 16.3. The number of halogens is 3. The van der Waals surface area contributed by atoms with Gasteiger partial charge >= 0.3 is 12.3 Å². The van der Waals surface area contributed by atoms with E-state index in [1.165, 1.54) is 17.4 Å². The Kier molecular flexibility index (Phi) is 7.05. The summed E-state index contributed by atoms with van der Waals surface area (Å²) in [7, 11) is 2.03. The number of oxazole rings is 1. The van der Waals surface area contributed by atoms with Gasteiger partial charge in [-0.1, -0.05) is 0 Å². The van der Waals surface area contributed by atoms with Crippen LogP contribution < -0.4 is 15.5 Å². The zero-order chi connectivity index (χ0) is 24.1. The molecule has 2 aliphatic heterocycles. The van der Waals surface area contributed by atoms with Gasteiger partial charge < -0.3 is 29.2 Å². The molecule has 0 atom stereocenters. The van der Waals surface area contributed by atoms with Crippen LogP contribution in [0.25, 0.3) is 0 Å². The summed E-state index contributed by atoms with van der Waals surface area (Å²) in [6.07, 6.45) is 0.403. The number of ether oxygens (including phenoxy) is 1. The molecule has 1 amide bonds. The molecule has 34 heavy (non-hydrogen) atoms. The number of nitrogens with zero attached hydrogens (tertiary/aromatic N) is 6. The second-order valence-corrected chi connectivity index (χ2v) is 7.86. The van der Waals surface area contributed by atoms with Crippen molar-refractivity contribution < 1.29 is 27.1 Å². The second-order valence-electron chi connectivity index (χ2n) is 7.86. The predicted octanol–water partition coefficient (Wildman–Crippen LogP) is 2.75. The minimum atomic E-state index is -4.64. The van der Waals surface area contributed by atoms with Gasteiger partial charge in [0.15, 0.2) is 0 Å². The number of carbonyl (C=O) groups excluding carboxylic acids is 1. The lowest BCUT2D eigenvalue weighted by atomic mass is 10.3. The van der Waals surface area contributed by atoms with Gasteiger partial charge in [-0.05, 0) is 19.5 Å². The zero-order valence-electron chi connectivity index (χ0n) is 18.5. The van der Waals surface area contributed by atoms with Crippen molar-refractivity contribution in [3.63, 3.8) is 0 Å². The van der Waals surface area contributed by atoms with Crippen molar-refractivity contribution in [2.24, 2.45) is 0 Å². The van der Waals surface area contributed by atoms with E-state index in [1.807, 2.05) is 11.9 Å². The first-order valence-electron chi connectivity index (χ1n) is 10.7. The molecule has 1 saturated heterocycles. The van der Waals surface area contributed by atoms with E-state index in [1.54, 1.807) is 6.08 Å². The molecule has 0 saturated carbocycles. The first kappa shape index (κ1) is 23.6. The highest BCUT2D eigenvalue weighted by atomic mass is 19.4. The van der Waals surface area contributed by atoms with Crippen molar-refractivity contribution in [2.45, 2.75) is 12.6 Å². The number of alkyl halides is 3. The molecule has 2 N–H and O–H groups in total. The Hall–Kier alpha value is -3.55. The number of carbonyl (C=O) groups is 1. The first-order valence-corrected chi connectivity index (χ1v) is 10.7. The minimum Gasteiger partial charge on any atom is -0.418 e. The maximum atomic E-state index is 13.4. The van der Waals surface area contributed by atoms with Gasteiger partial charge in [-0.2, -0.15) is 23.1 Å². The fraction of sp³-hybridized carbons (Fsp3) is 0.500. The van der Waals surface area contributed by atoms with Crippen LogP contribution in [0, 0.1) is 0 Å². The summed E-state index contributed by atoms with van der Waals surface area (Å²) in [5, 5.41) is 5.46.